The number of Topliss-reactive ketones (excluding diaryl/α,β-unsaturated/α-hetero) is 1. The summed E-state index contributed by atoms with van der Waals surface area (Å²) in [5.41, 5.74) is 5.48. The number of anilines is 1. The molecule has 29 heavy (non-hydrogen) atoms. The SMILES string of the molecule is CCCCCCCCS(=O)(=O)Nc1ccc(Br)cc1C(=O)C(=O)NCCCN.Cl. The van der Waals surface area contributed by atoms with E-state index >= 15 is 0 Å². The van der Waals surface area contributed by atoms with E-state index in [0.717, 1.165) is 32.1 Å². The van der Waals surface area contributed by atoms with Gasteiger partial charge in [0.15, 0.2) is 0 Å². The third-order valence-corrected chi connectivity index (χ3v) is 5.98. The van der Waals surface area contributed by atoms with Crippen molar-refractivity contribution in [1.29, 1.82) is 0 Å². The van der Waals surface area contributed by atoms with Gasteiger partial charge in [-0.1, -0.05) is 55.0 Å². The number of nitrogens with two attached hydrogens (primary N) is 1. The highest BCUT2D eigenvalue weighted by Gasteiger charge is 2.22. The van der Waals surface area contributed by atoms with E-state index in [1.165, 1.54) is 12.1 Å². The second-order valence-electron chi connectivity index (χ2n) is 6.61. The van der Waals surface area contributed by atoms with Crippen molar-refractivity contribution in [1.82, 2.24) is 5.32 Å². The number of ketones is 1. The first-order chi connectivity index (χ1) is 13.3. The fraction of sp³-hybridized carbons (Fsp3) is 0.579. The monoisotopic (exact) mass is 511 g/mol. The van der Waals surface area contributed by atoms with Gasteiger partial charge in [-0.05, 0) is 37.6 Å². The molecule has 1 amide bonds. The molecule has 0 heterocycles. The number of carbonyl (C=O) groups is 2. The first-order valence-corrected chi connectivity index (χ1v) is 12.1. The fourth-order valence-corrected chi connectivity index (χ4v) is 4.15. The Morgan fingerprint density at radius 2 is 1.72 bits per heavy atom. The molecule has 0 aliphatic carbocycles. The lowest BCUT2D eigenvalue weighted by Gasteiger charge is -2.13. The van der Waals surface area contributed by atoms with Gasteiger partial charge in [0.2, 0.25) is 10.0 Å². The number of rotatable bonds is 14. The number of nitrogens with one attached hydrogen (secondary N) is 2. The van der Waals surface area contributed by atoms with E-state index in [1.54, 1.807) is 6.07 Å². The summed E-state index contributed by atoms with van der Waals surface area (Å²) < 4.78 is 27.8. The highest BCUT2D eigenvalue weighted by atomic mass is 79.9. The summed E-state index contributed by atoms with van der Waals surface area (Å²) in [5.74, 6) is -1.61. The van der Waals surface area contributed by atoms with Crippen LogP contribution in [0.15, 0.2) is 22.7 Å². The maximum absolute atomic E-state index is 12.5. The molecule has 0 radical (unpaired) electrons. The summed E-state index contributed by atoms with van der Waals surface area (Å²) in [7, 11) is -3.61. The summed E-state index contributed by atoms with van der Waals surface area (Å²) in [5, 5.41) is 2.49. The molecule has 1 aromatic rings. The average molecular weight is 513 g/mol. The van der Waals surface area contributed by atoms with Crippen LogP contribution in [0.4, 0.5) is 5.69 Å². The van der Waals surface area contributed by atoms with Crippen molar-refractivity contribution in [2.24, 2.45) is 5.73 Å². The van der Waals surface area contributed by atoms with E-state index in [9.17, 15) is 18.0 Å². The Labute approximate surface area is 188 Å². The number of sulfonamides is 1. The molecule has 0 unspecified atom stereocenters. The highest BCUT2D eigenvalue weighted by Crippen LogP contribution is 2.23. The summed E-state index contributed by atoms with van der Waals surface area (Å²) in [6, 6.07) is 4.53. The molecule has 0 spiro atoms. The van der Waals surface area contributed by atoms with Gasteiger partial charge in [-0.25, -0.2) is 8.42 Å². The van der Waals surface area contributed by atoms with Crippen molar-refractivity contribution in [2.45, 2.75) is 51.9 Å². The van der Waals surface area contributed by atoms with Crippen LogP contribution in [0, 0.1) is 0 Å². The number of halogens is 2. The summed E-state index contributed by atoms with van der Waals surface area (Å²) >= 11 is 3.25. The van der Waals surface area contributed by atoms with Gasteiger partial charge in [0, 0.05) is 11.0 Å². The van der Waals surface area contributed by atoms with Crippen LogP contribution in [0.25, 0.3) is 0 Å². The van der Waals surface area contributed by atoms with Gasteiger partial charge >= 0.3 is 0 Å². The smallest absolute Gasteiger partial charge is 0.292 e. The normalized spacial score (nSPS) is 10.9. The predicted octanol–water partition coefficient (Wildman–Crippen LogP) is 3.62. The molecule has 0 fully saturated rings. The Morgan fingerprint density at radius 3 is 2.38 bits per heavy atom. The number of amides is 1. The van der Waals surface area contributed by atoms with Crippen molar-refractivity contribution >= 4 is 55.7 Å². The zero-order valence-corrected chi connectivity index (χ0v) is 19.9. The van der Waals surface area contributed by atoms with Crippen LogP contribution in [0.1, 0.15) is 62.2 Å². The lowest BCUT2D eigenvalue weighted by molar-refractivity contribution is -0.117. The molecule has 7 nitrogen and oxygen atoms in total. The standard InChI is InChI=1S/C19H30BrN3O4S.ClH/c1-2-3-4-5-6-7-13-28(26,27)23-17-10-9-15(20)14-16(17)18(24)19(25)22-12-8-11-21;/h9-10,14,23H,2-8,11-13,21H2,1H3,(H,22,25);1H. The maximum atomic E-state index is 12.5. The second-order valence-corrected chi connectivity index (χ2v) is 9.36. The van der Waals surface area contributed by atoms with Crippen molar-refractivity contribution in [3.05, 3.63) is 28.2 Å². The van der Waals surface area contributed by atoms with E-state index in [0.29, 0.717) is 23.9 Å². The van der Waals surface area contributed by atoms with Crippen molar-refractivity contribution in [3.63, 3.8) is 0 Å². The van der Waals surface area contributed by atoms with Crippen LogP contribution in [0.2, 0.25) is 0 Å². The lowest BCUT2D eigenvalue weighted by atomic mass is 10.1. The van der Waals surface area contributed by atoms with E-state index in [1.807, 2.05) is 0 Å². The van der Waals surface area contributed by atoms with Gasteiger partial charge < -0.3 is 11.1 Å². The van der Waals surface area contributed by atoms with Crippen LogP contribution < -0.4 is 15.8 Å². The first-order valence-electron chi connectivity index (χ1n) is 9.63. The van der Waals surface area contributed by atoms with Crippen LogP contribution in [-0.4, -0.2) is 39.0 Å². The molecule has 0 aliphatic rings. The zero-order chi connectivity index (χ0) is 21.0. The van der Waals surface area contributed by atoms with E-state index in [2.05, 4.69) is 32.9 Å². The minimum atomic E-state index is -3.61. The maximum Gasteiger partial charge on any atom is 0.292 e. The number of benzene rings is 1. The molecule has 0 aliphatic heterocycles. The Hall–Kier alpha value is -1.16. The van der Waals surface area contributed by atoms with Crippen LogP contribution in [-0.2, 0) is 14.8 Å². The fourth-order valence-electron chi connectivity index (χ4n) is 2.59. The molecule has 4 N–H and O–H groups in total. The molecule has 0 saturated heterocycles. The summed E-state index contributed by atoms with van der Waals surface area (Å²) in [6.07, 6.45) is 6.36. The second kappa shape index (κ2) is 14.8. The van der Waals surface area contributed by atoms with Crippen molar-refractivity contribution in [3.8, 4) is 0 Å². The Kier molecular flexibility index (Phi) is 14.2. The van der Waals surface area contributed by atoms with Gasteiger partial charge in [0.25, 0.3) is 11.7 Å². The van der Waals surface area contributed by atoms with Crippen molar-refractivity contribution in [2.75, 3.05) is 23.6 Å². The molecule has 0 bridgehead atoms. The number of unbranched alkanes of at least 4 members (excludes halogenated alkanes) is 5. The van der Waals surface area contributed by atoms with E-state index in [4.69, 9.17) is 5.73 Å². The number of carbonyl (C=O) groups excluding carboxylic acids is 2. The Balaban J connectivity index is 0.00000784. The molecule has 166 valence electrons. The molecular formula is C19H31BrClN3O4S. The zero-order valence-electron chi connectivity index (χ0n) is 16.7. The summed E-state index contributed by atoms with van der Waals surface area (Å²) in [6.45, 7) is 2.81. The number of hydrogen-bond acceptors (Lipinski definition) is 5. The van der Waals surface area contributed by atoms with Gasteiger partial charge in [-0.2, -0.15) is 0 Å². The Morgan fingerprint density at radius 1 is 1.07 bits per heavy atom. The quantitative estimate of drug-likeness (QED) is 0.200. The van der Waals surface area contributed by atoms with E-state index in [-0.39, 0.29) is 36.0 Å². The van der Waals surface area contributed by atoms with Crippen LogP contribution in [0.5, 0.6) is 0 Å². The third kappa shape index (κ3) is 11.0. The first kappa shape index (κ1) is 27.8. The minimum Gasteiger partial charge on any atom is -0.349 e. The Bertz CT molecular complexity index is 760. The van der Waals surface area contributed by atoms with Crippen molar-refractivity contribution < 1.29 is 18.0 Å². The molecule has 0 aromatic heterocycles. The highest BCUT2D eigenvalue weighted by molar-refractivity contribution is 9.10. The molecule has 1 rings (SSSR count). The van der Waals surface area contributed by atoms with Gasteiger partial charge in [-0.15, -0.1) is 12.4 Å². The number of hydrogen-bond donors (Lipinski definition) is 3. The average Bonchev–Trinajstić information content (AvgIpc) is 2.65. The van der Waals surface area contributed by atoms with E-state index < -0.39 is 21.7 Å². The third-order valence-electron chi connectivity index (χ3n) is 4.13. The van der Waals surface area contributed by atoms with Gasteiger partial charge in [-0.3, -0.25) is 14.3 Å². The van der Waals surface area contributed by atoms with Crippen LogP contribution >= 0.6 is 28.3 Å². The largest absolute Gasteiger partial charge is 0.349 e. The lowest BCUT2D eigenvalue weighted by Crippen LogP contribution is -2.33. The molecule has 1 aromatic carbocycles. The molecule has 10 heteroatoms. The summed E-state index contributed by atoms with van der Waals surface area (Å²) in [4.78, 5) is 24.5. The molecule has 0 atom stereocenters. The molecular weight excluding hydrogens is 482 g/mol. The van der Waals surface area contributed by atoms with Crippen LogP contribution in [0.3, 0.4) is 0 Å². The predicted molar refractivity (Wildman–Crippen MR) is 123 cm³/mol. The minimum absolute atomic E-state index is 0. The van der Waals surface area contributed by atoms with Gasteiger partial charge in [0.05, 0.1) is 17.0 Å². The molecule has 0 saturated carbocycles. The topological polar surface area (TPSA) is 118 Å². The van der Waals surface area contributed by atoms with Gasteiger partial charge in [0.1, 0.15) is 0 Å².